The van der Waals surface area contributed by atoms with Crippen molar-refractivity contribution in [3.8, 4) is 0 Å². The maximum Gasteiger partial charge on any atom is 0.192 e. The zero-order valence-corrected chi connectivity index (χ0v) is 7.60. The van der Waals surface area contributed by atoms with Gasteiger partial charge in [0, 0.05) is 11.6 Å². The average Bonchev–Trinajstić information content (AvgIpc) is 2.10. The Morgan fingerprint density at radius 2 is 2.20 bits per heavy atom. The van der Waals surface area contributed by atoms with E-state index in [0.29, 0.717) is 11.8 Å². The fraction of sp³-hybridized carbons (Fsp3) is 0.429. The summed E-state index contributed by atoms with van der Waals surface area (Å²) in [4.78, 5) is 0. The number of rotatable bonds is 1. The summed E-state index contributed by atoms with van der Waals surface area (Å²) in [6.07, 6.45) is 0. The molecule has 2 nitrogen and oxygen atoms in total. The highest BCUT2D eigenvalue weighted by molar-refractivity contribution is 9.10. The van der Waals surface area contributed by atoms with Gasteiger partial charge in [-0.15, -0.1) is 0 Å². The molecule has 1 rings (SSSR count). The van der Waals surface area contributed by atoms with Gasteiger partial charge < -0.3 is 10.2 Å². The number of hydrogen-bond acceptors (Lipinski definition) is 2. The molecule has 1 aromatic rings. The van der Waals surface area contributed by atoms with Crippen molar-refractivity contribution in [2.75, 3.05) is 5.73 Å². The zero-order valence-electron chi connectivity index (χ0n) is 6.02. The van der Waals surface area contributed by atoms with Crippen molar-refractivity contribution in [3.05, 3.63) is 16.3 Å². The van der Waals surface area contributed by atoms with Crippen molar-refractivity contribution < 1.29 is 4.42 Å². The molecule has 0 atom stereocenters. The number of nitrogen functional groups attached to an aromatic ring is 1. The standard InChI is InChI=1S/C7H10BrNO/c1-4(2)5-3-6(9)10-7(5)8/h3-4H,9H2,1-2H3. The number of nitrogens with two attached hydrogens (primary N) is 1. The van der Waals surface area contributed by atoms with Gasteiger partial charge in [0.25, 0.3) is 0 Å². The Labute approximate surface area is 68.5 Å². The first-order valence-electron chi connectivity index (χ1n) is 3.16. The summed E-state index contributed by atoms with van der Waals surface area (Å²) < 4.78 is 5.82. The summed E-state index contributed by atoms with van der Waals surface area (Å²) in [6.45, 7) is 4.18. The molecule has 56 valence electrons. The monoisotopic (exact) mass is 203 g/mol. The van der Waals surface area contributed by atoms with Gasteiger partial charge in [-0.1, -0.05) is 13.8 Å². The molecule has 0 saturated heterocycles. The lowest BCUT2D eigenvalue weighted by molar-refractivity contribution is 0.553. The van der Waals surface area contributed by atoms with Gasteiger partial charge >= 0.3 is 0 Å². The highest BCUT2D eigenvalue weighted by atomic mass is 79.9. The molecule has 0 spiro atoms. The fourth-order valence-corrected chi connectivity index (χ4v) is 1.55. The fourth-order valence-electron chi connectivity index (χ4n) is 0.795. The summed E-state index contributed by atoms with van der Waals surface area (Å²) in [5, 5.41) is 0. The van der Waals surface area contributed by atoms with Gasteiger partial charge in [-0.25, -0.2) is 0 Å². The normalized spacial score (nSPS) is 10.8. The van der Waals surface area contributed by atoms with Gasteiger partial charge in [0.2, 0.25) is 0 Å². The van der Waals surface area contributed by atoms with Crippen LogP contribution >= 0.6 is 15.9 Å². The first-order valence-corrected chi connectivity index (χ1v) is 3.95. The molecule has 0 bridgehead atoms. The SMILES string of the molecule is CC(C)c1cc(N)oc1Br. The largest absolute Gasteiger partial charge is 0.434 e. The molecule has 0 amide bonds. The lowest BCUT2D eigenvalue weighted by Crippen LogP contribution is -1.83. The quantitative estimate of drug-likeness (QED) is 0.763. The molecular formula is C7H10BrNO. The summed E-state index contributed by atoms with van der Waals surface area (Å²) >= 11 is 3.27. The van der Waals surface area contributed by atoms with Gasteiger partial charge in [0.1, 0.15) is 0 Å². The van der Waals surface area contributed by atoms with Crippen LogP contribution in [-0.4, -0.2) is 0 Å². The predicted molar refractivity (Wildman–Crippen MR) is 44.9 cm³/mol. The molecule has 10 heavy (non-hydrogen) atoms. The van der Waals surface area contributed by atoms with Crippen LogP contribution in [0.15, 0.2) is 15.2 Å². The van der Waals surface area contributed by atoms with E-state index in [2.05, 4.69) is 29.8 Å². The minimum atomic E-state index is 0.454. The Hall–Kier alpha value is -0.440. The second kappa shape index (κ2) is 2.66. The van der Waals surface area contributed by atoms with Crippen LogP contribution in [-0.2, 0) is 0 Å². The molecule has 0 aliphatic rings. The van der Waals surface area contributed by atoms with E-state index in [0.717, 1.165) is 10.2 Å². The van der Waals surface area contributed by atoms with E-state index in [4.69, 9.17) is 10.2 Å². The topological polar surface area (TPSA) is 39.2 Å². The van der Waals surface area contributed by atoms with E-state index < -0.39 is 0 Å². The van der Waals surface area contributed by atoms with Crippen LogP contribution in [0.4, 0.5) is 5.88 Å². The van der Waals surface area contributed by atoms with Crippen LogP contribution in [0, 0.1) is 0 Å². The molecule has 2 N–H and O–H groups in total. The maximum absolute atomic E-state index is 5.42. The Morgan fingerprint density at radius 3 is 2.40 bits per heavy atom. The van der Waals surface area contributed by atoms with Crippen molar-refractivity contribution in [3.63, 3.8) is 0 Å². The Balaban J connectivity index is 3.03. The number of anilines is 1. The van der Waals surface area contributed by atoms with Gasteiger partial charge in [0.05, 0.1) is 0 Å². The first-order chi connectivity index (χ1) is 4.61. The molecule has 0 aliphatic heterocycles. The highest BCUT2D eigenvalue weighted by Crippen LogP contribution is 2.28. The van der Waals surface area contributed by atoms with Crippen LogP contribution in [0.2, 0.25) is 0 Å². The Morgan fingerprint density at radius 1 is 1.60 bits per heavy atom. The van der Waals surface area contributed by atoms with Crippen molar-refractivity contribution in [2.45, 2.75) is 19.8 Å². The molecule has 0 unspecified atom stereocenters. The van der Waals surface area contributed by atoms with Crippen molar-refractivity contribution in [1.82, 2.24) is 0 Å². The van der Waals surface area contributed by atoms with E-state index in [1.807, 2.05) is 6.07 Å². The Bertz CT molecular complexity index is 230. The Kier molecular flexibility index (Phi) is 2.04. The molecule has 1 heterocycles. The molecule has 0 saturated carbocycles. The molecule has 0 aromatic carbocycles. The van der Waals surface area contributed by atoms with Crippen LogP contribution in [0.3, 0.4) is 0 Å². The molecular weight excluding hydrogens is 194 g/mol. The van der Waals surface area contributed by atoms with Gasteiger partial charge in [0.15, 0.2) is 10.6 Å². The van der Waals surface area contributed by atoms with Crippen molar-refractivity contribution in [2.24, 2.45) is 0 Å². The highest BCUT2D eigenvalue weighted by Gasteiger charge is 2.08. The summed E-state index contributed by atoms with van der Waals surface area (Å²) in [5.41, 5.74) is 6.54. The molecule has 1 aromatic heterocycles. The number of furan rings is 1. The minimum Gasteiger partial charge on any atom is -0.434 e. The molecule has 0 aliphatic carbocycles. The second-order valence-corrected chi connectivity index (χ2v) is 3.25. The summed E-state index contributed by atoms with van der Waals surface area (Å²) in [5.74, 6) is 0.922. The predicted octanol–water partition coefficient (Wildman–Crippen LogP) is 2.75. The molecule has 0 radical (unpaired) electrons. The van der Waals surface area contributed by atoms with Gasteiger partial charge in [-0.2, -0.15) is 0 Å². The zero-order chi connectivity index (χ0) is 7.72. The average molecular weight is 204 g/mol. The third-order valence-corrected chi connectivity index (χ3v) is 1.97. The van der Waals surface area contributed by atoms with Crippen LogP contribution in [0.25, 0.3) is 0 Å². The lowest BCUT2D eigenvalue weighted by Gasteiger charge is -1.97. The summed E-state index contributed by atoms with van der Waals surface area (Å²) in [7, 11) is 0. The molecule has 3 heteroatoms. The van der Waals surface area contributed by atoms with Crippen LogP contribution < -0.4 is 5.73 Å². The van der Waals surface area contributed by atoms with Gasteiger partial charge in [-0.05, 0) is 21.8 Å². The second-order valence-electron chi connectivity index (χ2n) is 2.53. The number of halogens is 1. The third-order valence-electron chi connectivity index (χ3n) is 1.35. The van der Waals surface area contributed by atoms with Crippen LogP contribution in [0.5, 0.6) is 0 Å². The third kappa shape index (κ3) is 1.34. The first kappa shape index (κ1) is 7.66. The van der Waals surface area contributed by atoms with E-state index >= 15 is 0 Å². The van der Waals surface area contributed by atoms with E-state index in [-0.39, 0.29) is 0 Å². The lowest BCUT2D eigenvalue weighted by atomic mass is 10.1. The minimum absolute atomic E-state index is 0.454. The maximum atomic E-state index is 5.42. The van der Waals surface area contributed by atoms with Crippen molar-refractivity contribution in [1.29, 1.82) is 0 Å². The smallest absolute Gasteiger partial charge is 0.192 e. The van der Waals surface area contributed by atoms with Crippen LogP contribution in [0.1, 0.15) is 25.3 Å². The molecule has 0 fully saturated rings. The van der Waals surface area contributed by atoms with Gasteiger partial charge in [-0.3, -0.25) is 0 Å². The van der Waals surface area contributed by atoms with Crippen molar-refractivity contribution >= 4 is 21.8 Å². The van der Waals surface area contributed by atoms with E-state index in [1.54, 1.807) is 0 Å². The van der Waals surface area contributed by atoms with E-state index in [1.165, 1.54) is 0 Å². The summed E-state index contributed by atoms with van der Waals surface area (Å²) in [6, 6.07) is 1.84. The van der Waals surface area contributed by atoms with E-state index in [9.17, 15) is 0 Å². The number of hydrogen-bond donors (Lipinski definition) is 1.